The van der Waals surface area contributed by atoms with Gasteiger partial charge in [-0.3, -0.25) is 0 Å². The molecule has 0 aliphatic carbocycles. The van der Waals surface area contributed by atoms with E-state index in [4.69, 9.17) is 14.5 Å². The van der Waals surface area contributed by atoms with Gasteiger partial charge in [-0.15, -0.1) is 0 Å². The molecule has 118 valence electrons. The van der Waals surface area contributed by atoms with Crippen molar-refractivity contribution >= 4 is 11.0 Å². The summed E-state index contributed by atoms with van der Waals surface area (Å²) in [6.45, 7) is 5.82. The van der Waals surface area contributed by atoms with E-state index in [-0.39, 0.29) is 0 Å². The standard InChI is InChI=1S/C17H23N3O2/c1-2-4-17-19-13-7-15-16(22-11-21-15)8-14(13)20(17)10-12-5-3-6-18-9-12/h7-8,12,18H,2-6,9-11H2,1H3. The molecule has 1 aromatic carbocycles. The zero-order valence-corrected chi connectivity index (χ0v) is 13.1. The number of piperidine rings is 1. The average Bonchev–Trinajstić information content (AvgIpc) is 3.11. The second-order valence-electron chi connectivity index (χ2n) is 6.30. The summed E-state index contributed by atoms with van der Waals surface area (Å²) >= 11 is 0. The first-order chi connectivity index (χ1) is 10.8. The van der Waals surface area contributed by atoms with E-state index in [2.05, 4.69) is 22.9 Å². The highest BCUT2D eigenvalue weighted by Gasteiger charge is 2.21. The van der Waals surface area contributed by atoms with Gasteiger partial charge in [0.05, 0.1) is 11.0 Å². The van der Waals surface area contributed by atoms with Crippen LogP contribution in [-0.4, -0.2) is 29.4 Å². The molecule has 0 bridgehead atoms. The third-order valence-corrected chi connectivity index (χ3v) is 4.63. The molecule has 1 saturated heterocycles. The van der Waals surface area contributed by atoms with Crippen LogP contribution < -0.4 is 14.8 Å². The van der Waals surface area contributed by atoms with Crippen LogP contribution in [0.3, 0.4) is 0 Å². The number of imidazole rings is 1. The number of fused-ring (bicyclic) bond motifs is 2. The van der Waals surface area contributed by atoms with Gasteiger partial charge >= 0.3 is 0 Å². The maximum absolute atomic E-state index is 5.55. The lowest BCUT2D eigenvalue weighted by molar-refractivity contribution is 0.174. The zero-order valence-electron chi connectivity index (χ0n) is 13.1. The highest BCUT2D eigenvalue weighted by Crippen LogP contribution is 2.36. The number of benzene rings is 1. The third kappa shape index (κ3) is 2.43. The van der Waals surface area contributed by atoms with Crippen molar-refractivity contribution in [3.05, 3.63) is 18.0 Å². The van der Waals surface area contributed by atoms with E-state index < -0.39 is 0 Å². The summed E-state index contributed by atoms with van der Waals surface area (Å²) in [6.07, 6.45) is 4.69. The van der Waals surface area contributed by atoms with E-state index in [9.17, 15) is 0 Å². The minimum atomic E-state index is 0.316. The van der Waals surface area contributed by atoms with E-state index in [1.54, 1.807) is 0 Å². The molecule has 2 aliphatic heterocycles. The fourth-order valence-corrected chi connectivity index (χ4v) is 3.52. The first-order valence-electron chi connectivity index (χ1n) is 8.34. The van der Waals surface area contributed by atoms with Gasteiger partial charge in [-0.2, -0.15) is 0 Å². The lowest BCUT2D eigenvalue weighted by Gasteiger charge is -2.24. The first kappa shape index (κ1) is 13.9. The molecule has 0 spiro atoms. The van der Waals surface area contributed by atoms with Gasteiger partial charge < -0.3 is 19.4 Å². The van der Waals surface area contributed by atoms with Crippen LogP contribution in [0, 0.1) is 5.92 Å². The molecular weight excluding hydrogens is 278 g/mol. The number of hydrogen-bond donors (Lipinski definition) is 1. The van der Waals surface area contributed by atoms with E-state index in [0.29, 0.717) is 12.7 Å². The first-order valence-corrected chi connectivity index (χ1v) is 8.34. The van der Waals surface area contributed by atoms with Crippen molar-refractivity contribution in [2.24, 2.45) is 5.92 Å². The Kier molecular flexibility index (Phi) is 3.66. The van der Waals surface area contributed by atoms with Gasteiger partial charge in [0.15, 0.2) is 11.5 Å². The second kappa shape index (κ2) is 5.80. The predicted molar refractivity (Wildman–Crippen MR) is 85.4 cm³/mol. The van der Waals surface area contributed by atoms with Crippen LogP contribution in [0.5, 0.6) is 11.5 Å². The van der Waals surface area contributed by atoms with Gasteiger partial charge in [-0.1, -0.05) is 6.92 Å². The van der Waals surface area contributed by atoms with Crippen LogP contribution in [0.4, 0.5) is 0 Å². The molecule has 5 heteroatoms. The van der Waals surface area contributed by atoms with Gasteiger partial charge in [0.1, 0.15) is 5.82 Å². The fraction of sp³-hybridized carbons (Fsp3) is 0.588. The molecule has 1 fully saturated rings. The molecule has 2 aromatic rings. The molecular formula is C17H23N3O2. The highest BCUT2D eigenvalue weighted by atomic mass is 16.7. The van der Waals surface area contributed by atoms with Crippen molar-refractivity contribution in [3.63, 3.8) is 0 Å². The van der Waals surface area contributed by atoms with E-state index in [1.807, 2.05) is 6.07 Å². The normalized spacial score (nSPS) is 20.7. The van der Waals surface area contributed by atoms with Crippen molar-refractivity contribution in [1.82, 2.24) is 14.9 Å². The Bertz CT molecular complexity index is 674. The Balaban J connectivity index is 1.73. The van der Waals surface area contributed by atoms with Crippen LogP contribution in [0.1, 0.15) is 32.0 Å². The van der Waals surface area contributed by atoms with E-state index in [0.717, 1.165) is 49.5 Å². The maximum atomic E-state index is 5.55. The molecule has 2 aliphatic rings. The van der Waals surface area contributed by atoms with E-state index >= 15 is 0 Å². The lowest BCUT2D eigenvalue weighted by atomic mass is 9.99. The molecule has 1 unspecified atom stereocenters. The number of nitrogens with zero attached hydrogens (tertiary/aromatic N) is 2. The van der Waals surface area contributed by atoms with Crippen LogP contribution in [0.25, 0.3) is 11.0 Å². The minimum absolute atomic E-state index is 0.316. The topological polar surface area (TPSA) is 48.3 Å². The quantitative estimate of drug-likeness (QED) is 0.943. The van der Waals surface area contributed by atoms with Gasteiger partial charge in [0, 0.05) is 25.1 Å². The second-order valence-corrected chi connectivity index (χ2v) is 6.30. The maximum Gasteiger partial charge on any atom is 0.231 e. The summed E-state index contributed by atoms with van der Waals surface area (Å²) in [4.78, 5) is 4.85. The number of nitrogens with one attached hydrogen (secondary N) is 1. The molecule has 22 heavy (non-hydrogen) atoms. The van der Waals surface area contributed by atoms with Crippen molar-refractivity contribution < 1.29 is 9.47 Å². The molecule has 1 N–H and O–H groups in total. The summed E-state index contributed by atoms with van der Waals surface area (Å²) in [5.74, 6) is 3.54. The van der Waals surface area contributed by atoms with Crippen molar-refractivity contribution in [2.75, 3.05) is 19.9 Å². The average molecular weight is 301 g/mol. The lowest BCUT2D eigenvalue weighted by Crippen LogP contribution is -2.32. The number of rotatable bonds is 4. The SMILES string of the molecule is CCCc1nc2cc3c(cc2n1CC1CCCNC1)OCO3. The molecule has 1 atom stereocenters. The molecule has 0 saturated carbocycles. The number of ether oxygens (including phenoxy) is 2. The Morgan fingerprint density at radius 1 is 1.32 bits per heavy atom. The molecule has 4 rings (SSSR count). The van der Waals surface area contributed by atoms with Gasteiger partial charge in [-0.25, -0.2) is 4.98 Å². The van der Waals surface area contributed by atoms with Gasteiger partial charge in [0.2, 0.25) is 6.79 Å². The Morgan fingerprint density at radius 2 is 2.18 bits per heavy atom. The summed E-state index contributed by atoms with van der Waals surface area (Å²) in [7, 11) is 0. The smallest absolute Gasteiger partial charge is 0.231 e. The summed E-state index contributed by atoms with van der Waals surface area (Å²) < 4.78 is 13.4. The molecule has 3 heterocycles. The monoisotopic (exact) mass is 301 g/mol. The van der Waals surface area contributed by atoms with Crippen molar-refractivity contribution in [3.8, 4) is 11.5 Å². The van der Waals surface area contributed by atoms with E-state index in [1.165, 1.54) is 24.2 Å². The summed E-state index contributed by atoms with van der Waals surface area (Å²) in [6, 6.07) is 4.12. The largest absolute Gasteiger partial charge is 0.454 e. The Hall–Kier alpha value is -1.75. The number of aryl methyl sites for hydroxylation is 1. The van der Waals surface area contributed by atoms with Crippen LogP contribution in [-0.2, 0) is 13.0 Å². The third-order valence-electron chi connectivity index (χ3n) is 4.63. The zero-order chi connectivity index (χ0) is 14.9. The molecule has 1 aromatic heterocycles. The van der Waals surface area contributed by atoms with Crippen molar-refractivity contribution in [1.29, 1.82) is 0 Å². The molecule has 0 radical (unpaired) electrons. The van der Waals surface area contributed by atoms with Crippen LogP contribution in [0.15, 0.2) is 12.1 Å². The predicted octanol–water partition coefficient (Wildman–Crippen LogP) is 2.72. The molecule has 0 amide bonds. The fourth-order valence-electron chi connectivity index (χ4n) is 3.52. The van der Waals surface area contributed by atoms with Crippen LogP contribution in [0.2, 0.25) is 0 Å². The Labute approximate surface area is 130 Å². The summed E-state index contributed by atoms with van der Waals surface area (Å²) in [5.41, 5.74) is 2.20. The van der Waals surface area contributed by atoms with Gasteiger partial charge in [0.25, 0.3) is 0 Å². The van der Waals surface area contributed by atoms with Crippen LogP contribution >= 0.6 is 0 Å². The molecule has 5 nitrogen and oxygen atoms in total. The summed E-state index contributed by atoms with van der Waals surface area (Å²) in [5, 5.41) is 3.51. The number of hydrogen-bond acceptors (Lipinski definition) is 4. The Morgan fingerprint density at radius 3 is 2.95 bits per heavy atom. The highest BCUT2D eigenvalue weighted by molar-refractivity contribution is 5.81. The minimum Gasteiger partial charge on any atom is -0.454 e. The van der Waals surface area contributed by atoms with Crippen molar-refractivity contribution in [2.45, 2.75) is 39.2 Å². The number of aromatic nitrogens is 2. The van der Waals surface area contributed by atoms with Gasteiger partial charge in [-0.05, 0) is 38.3 Å².